The molecule has 3 N–H and O–H groups in total. The Balaban J connectivity index is 0.00000162. The SMILES string of the molecule is Cl.N[C@@H]1CCCN(Cc2cc(C(F)(F)F)n[nH]2)C1. The van der Waals surface area contributed by atoms with Gasteiger partial charge in [0.15, 0.2) is 5.69 Å². The van der Waals surface area contributed by atoms with Gasteiger partial charge in [0.25, 0.3) is 0 Å². The maximum absolute atomic E-state index is 12.3. The molecule has 18 heavy (non-hydrogen) atoms. The van der Waals surface area contributed by atoms with Crippen molar-refractivity contribution in [2.45, 2.75) is 31.6 Å². The first kappa shape index (κ1) is 15.3. The average molecular weight is 285 g/mol. The molecule has 1 aromatic rings. The maximum atomic E-state index is 12.3. The Morgan fingerprint density at radius 3 is 2.78 bits per heavy atom. The third-order valence-corrected chi connectivity index (χ3v) is 2.86. The number of nitrogens with zero attached hydrogens (tertiary/aromatic N) is 2. The Bertz CT molecular complexity index is 379. The lowest BCUT2D eigenvalue weighted by atomic mass is 10.1. The van der Waals surface area contributed by atoms with E-state index in [4.69, 9.17) is 5.73 Å². The number of halogens is 4. The first-order chi connectivity index (χ1) is 7.95. The van der Waals surface area contributed by atoms with Gasteiger partial charge >= 0.3 is 6.18 Å². The number of piperidine rings is 1. The molecule has 1 aromatic heterocycles. The van der Waals surface area contributed by atoms with Crippen molar-refractivity contribution in [2.24, 2.45) is 5.73 Å². The van der Waals surface area contributed by atoms with Gasteiger partial charge in [0.05, 0.1) is 0 Å². The summed E-state index contributed by atoms with van der Waals surface area (Å²) in [6.07, 6.45) is -2.41. The molecule has 2 rings (SSSR count). The number of rotatable bonds is 2. The van der Waals surface area contributed by atoms with Gasteiger partial charge in [-0.1, -0.05) is 0 Å². The third kappa shape index (κ3) is 3.86. The standard InChI is InChI=1S/C10H15F3N4.ClH/c11-10(12,13)9-4-8(15-16-9)6-17-3-1-2-7(14)5-17;/h4,7H,1-3,5-6,14H2,(H,15,16);1H/t7-;/m1./s1. The number of aromatic nitrogens is 2. The van der Waals surface area contributed by atoms with Crippen LogP contribution in [0.2, 0.25) is 0 Å². The number of hydrogen-bond donors (Lipinski definition) is 2. The average Bonchev–Trinajstić information content (AvgIpc) is 2.65. The number of H-pyrrole nitrogens is 1. The number of hydrogen-bond acceptors (Lipinski definition) is 3. The zero-order valence-electron chi connectivity index (χ0n) is 9.70. The number of likely N-dealkylation sites (tertiary alicyclic amines) is 1. The highest BCUT2D eigenvalue weighted by Gasteiger charge is 2.34. The van der Waals surface area contributed by atoms with Crippen LogP contribution < -0.4 is 5.73 Å². The summed E-state index contributed by atoms with van der Waals surface area (Å²) in [5.74, 6) is 0. The van der Waals surface area contributed by atoms with E-state index in [0.29, 0.717) is 12.2 Å². The second kappa shape index (κ2) is 5.90. The van der Waals surface area contributed by atoms with E-state index in [1.165, 1.54) is 0 Å². The molecule has 0 aromatic carbocycles. The lowest BCUT2D eigenvalue weighted by molar-refractivity contribution is -0.141. The summed E-state index contributed by atoms with van der Waals surface area (Å²) in [7, 11) is 0. The van der Waals surface area contributed by atoms with E-state index in [1.807, 2.05) is 4.90 Å². The minimum Gasteiger partial charge on any atom is -0.327 e. The van der Waals surface area contributed by atoms with Gasteiger partial charge in [-0.25, -0.2) is 0 Å². The Morgan fingerprint density at radius 2 is 2.22 bits per heavy atom. The van der Waals surface area contributed by atoms with E-state index >= 15 is 0 Å². The summed E-state index contributed by atoms with van der Waals surface area (Å²) >= 11 is 0. The predicted molar refractivity (Wildman–Crippen MR) is 63.3 cm³/mol. The topological polar surface area (TPSA) is 57.9 Å². The molecule has 0 bridgehead atoms. The summed E-state index contributed by atoms with van der Waals surface area (Å²) in [5.41, 5.74) is 5.42. The van der Waals surface area contributed by atoms with Crippen LogP contribution in [0.1, 0.15) is 24.2 Å². The van der Waals surface area contributed by atoms with Crippen LogP contribution in [0.3, 0.4) is 0 Å². The highest BCUT2D eigenvalue weighted by Crippen LogP contribution is 2.28. The normalized spacial score (nSPS) is 21.7. The first-order valence-electron chi connectivity index (χ1n) is 5.54. The van der Waals surface area contributed by atoms with Crippen molar-refractivity contribution in [2.75, 3.05) is 13.1 Å². The van der Waals surface area contributed by atoms with Gasteiger partial charge in [-0.05, 0) is 25.5 Å². The monoisotopic (exact) mass is 284 g/mol. The zero-order valence-corrected chi connectivity index (χ0v) is 10.5. The number of aromatic amines is 1. The Labute approximate surface area is 109 Å². The smallest absolute Gasteiger partial charge is 0.327 e. The Morgan fingerprint density at radius 1 is 1.50 bits per heavy atom. The Hall–Kier alpha value is -0.790. The van der Waals surface area contributed by atoms with Crippen LogP contribution in [0.15, 0.2) is 6.07 Å². The molecule has 1 aliphatic heterocycles. The van der Waals surface area contributed by atoms with Gasteiger partial charge in [0, 0.05) is 24.8 Å². The van der Waals surface area contributed by atoms with Gasteiger partial charge in [0.1, 0.15) is 0 Å². The fraction of sp³-hybridized carbons (Fsp3) is 0.700. The molecule has 1 fully saturated rings. The van der Waals surface area contributed by atoms with Gasteiger partial charge in [0.2, 0.25) is 0 Å². The number of nitrogens with one attached hydrogen (secondary N) is 1. The molecule has 0 aliphatic carbocycles. The maximum Gasteiger partial charge on any atom is 0.435 e. The van der Waals surface area contributed by atoms with E-state index in [9.17, 15) is 13.2 Å². The summed E-state index contributed by atoms with van der Waals surface area (Å²) in [5, 5.41) is 5.69. The van der Waals surface area contributed by atoms with Crippen molar-refractivity contribution < 1.29 is 13.2 Å². The van der Waals surface area contributed by atoms with E-state index in [1.54, 1.807) is 0 Å². The van der Waals surface area contributed by atoms with Crippen LogP contribution in [0.4, 0.5) is 13.2 Å². The second-order valence-corrected chi connectivity index (χ2v) is 4.41. The predicted octanol–water partition coefficient (Wildman–Crippen LogP) is 1.77. The minimum atomic E-state index is -4.38. The molecule has 0 radical (unpaired) electrons. The summed E-state index contributed by atoms with van der Waals surface area (Å²) in [6.45, 7) is 2.03. The van der Waals surface area contributed by atoms with Crippen molar-refractivity contribution in [3.63, 3.8) is 0 Å². The van der Waals surface area contributed by atoms with Crippen LogP contribution >= 0.6 is 12.4 Å². The molecule has 1 saturated heterocycles. The molecular weight excluding hydrogens is 269 g/mol. The molecule has 8 heteroatoms. The van der Waals surface area contributed by atoms with Crippen molar-refractivity contribution in [3.8, 4) is 0 Å². The molecule has 1 aliphatic rings. The minimum absolute atomic E-state index is 0. The van der Waals surface area contributed by atoms with Crippen LogP contribution in [-0.4, -0.2) is 34.2 Å². The first-order valence-corrected chi connectivity index (χ1v) is 5.54. The molecule has 1 atom stereocenters. The van der Waals surface area contributed by atoms with E-state index < -0.39 is 11.9 Å². The summed E-state index contributed by atoms with van der Waals surface area (Å²) in [4.78, 5) is 2.04. The quantitative estimate of drug-likeness (QED) is 0.870. The summed E-state index contributed by atoms with van der Waals surface area (Å²) < 4.78 is 37.0. The third-order valence-electron chi connectivity index (χ3n) is 2.86. The fourth-order valence-corrected chi connectivity index (χ4v) is 2.06. The lowest BCUT2D eigenvalue weighted by Crippen LogP contribution is -2.42. The highest BCUT2D eigenvalue weighted by atomic mass is 35.5. The summed E-state index contributed by atoms with van der Waals surface area (Å²) in [6, 6.07) is 1.17. The van der Waals surface area contributed by atoms with E-state index in [0.717, 1.165) is 32.0 Å². The fourth-order valence-electron chi connectivity index (χ4n) is 2.06. The van der Waals surface area contributed by atoms with Crippen LogP contribution in [0.25, 0.3) is 0 Å². The lowest BCUT2D eigenvalue weighted by Gasteiger charge is -2.30. The second-order valence-electron chi connectivity index (χ2n) is 4.41. The molecular formula is C10H16ClF3N4. The van der Waals surface area contributed by atoms with Crippen molar-refractivity contribution in [1.82, 2.24) is 15.1 Å². The Kier molecular flexibility index (Phi) is 5.01. The van der Waals surface area contributed by atoms with Gasteiger partial charge < -0.3 is 5.73 Å². The van der Waals surface area contributed by atoms with Crippen molar-refractivity contribution in [3.05, 3.63) is 17.5 Å². The zero-order chi connectivity index (χ0) is 12.5. The van der Waals surface area contributed by atoms with Crippen molar-refractivity contribution >= 4 is 12.4 Å². The molecule has 0 spiro atoms. The molecule has 4 nitrogen and oxygen atoms in total. The largest absolute Gasteiger partial charge is 0.435 e. The van der Waals surface area contributed by atoms with Crippen LogP contribution in [0.5, 0.6) is 0 Å². The van der Waals surface area contributed by atoms with E-state index in [2.05, 4.69) is 10.2 Å². The number of nitrogens with two attached hydrogens (primary N) is 1. The van der Waals surface area contributed by atoms with Crippen LogP contribution in [-0.2, 0) is 12.7 Å². The number of alkyl halides is 3. The van der Waals surface area contributed by atoms with Gasteiger partial charge in [-0.15, -0.1) is 12.4 Å². The molecule has 0 unspecified atom stereocenters. The van der Waals surface area contributed by atoms with Gasteiger partial charge in [-0.2, -0.15) is 18.3 Å². The van der Waals surface area contributed by atoms with E-state index in [-0.39, 0.29) is 18.4 Å². The molecule has 0 saturated carbocycles. The molecule has 0 amide bonds. The van der Waals surface area contributed by atoms with Crippen LogP contribution in [0, 0.1) is 0 Å². The molecule has 2 heterocycles. The van der Waals surface area contributed by atoms with Crippen molar-refractivity contribution in [1.29, 1.82) is 0 Å². The van der Waals surface area contributed by atoms with Gasteiger partial charge in [-0.3, -0.25) is 10.00 Å². The molecule has 104 valence electrons. The highest BCUT2D eigenvalue weighted by molar-refractivity contribution is 5.85.